The van der Waals surface area contributed by atoms with Crippen molar-refractivity contribution in [1.29, 1.82) is 0 Å². The number of rotatable bonds is 2. The van der Waals surface area contributed by atoms with Crippen LogP contribution < -0.4 is 10.5 Å². The Kier molecular flexibility index (Phi) is 2.45. The van der Waals surface area contributed by atoms with Crippen LogP contribution in [0.1, 0.15) is 0 Å². The molecule has 0 unspecified atom stereocenters. The molecule has 3 heterocycles. The highest BCUT2D eigenvalue weighted by molar-refractivity contribution is 7.19. The number of H-pyrrole nitrogens is 1. The molecule has 0 aromatic carbocycles. The van der Waals surface area contributed by atoms with Crippen LogP contribution in [0.25, 0.3) is 16.2 Å². The van der Waals surface area contributed by atoms with Gasteiger partial charge in [0.25, 0.3) is 5.56 Å². The molecule has 6 heteroatoms. The Bertz CT molecular complexity index is 753. The van der Waals surface area contributed by atoms with Gasteiger partial charge < -0.3 is 4.90 Å². The maximum Gasteiger partial charge on any atom is 0.262 e. The van der Waals surface area contributed by atoms with E-state index >= 15 is 0 Å². The zero-order valence-corrected chi connectivity index (χ0v) is 10.9. The number of nitrogens with one attached hydrogen (secondary N) is 1. The van der Waals surface area contributed by atoms with Gasteiger partial charge >= 0.3 is 0 Å². The molecule has 0 aliphatic rings. The number of hydrogen-bond donors (Lipinski definition) is 1. The summed E-state index contributed by atoms with van der Waals surface area (Å²) in [5.41, 5.74) is 1.48. The number of aromatic amines is 1. The first-order chi connectivity index (χ1) is 8.63. The molecule has 5 nitrogen and oxygen atoms in total. The monoisotopic (exact) mass is 260 g/mol. The quantitative estimate of drug-likeness (QED) is 0.764. The molecule has 18 heavy (non-hydrogen) atoms. The zero-order chi connectivity index (χ0) is 12.7. The maximum absolute atomic E-state index is 11.2. The first-order valence-electron chi connectivity index (χ1n) is 5.49. The van der Waals surface area contributed by atoms with Gasteiger partial charge in [-0.1, -0.05) is 0 Å². The molecule has 0 saturated heterocycles. The van der Waals surface area contributed by atoms with Gasteiger partial charge in [-0.25, -0.2) is 9.50 Å². The molecule has 0 fully saturated rings. The van der Waals surface area contributed by atoms with E-state index in [1.165, 1.54) is 11.1 Å². The van der Waals surface area contributed by atoms with Crippen LogP contribution in [0.2, 0.25) is 0 Å². The fourth-order valence-electron chi connectivity index (χ4n) is 1.73. The number of imidazole rings is 1. The van der Waals surface area contributed by atoms with Crippen LogP contribution in [0.5, 0.6) is 0 Å². The number of thiophene rings is 1. The van der Waals surface area contributed by atoms with Crippen LogP contribution in [-0.4, -0.2) is 28.7 Å². The van der Waals surface area contributed by atoms with E-state index in [2.05, 4.69) is 21.0 Å². The fraction of sp³-hybridized carbons (Fsp3) is 0.167. The molecule has 0 spiro atoms. The first-order valence-corrected chi connectivity index (χ1v) is 6.31. The molecule has 3 aromatic heterocycles. The number of fused-ring (bicyclic) bond motifs is 1. The van der Waals surface area contributed by atoms with Crippen molar-refractivity contribution in [1.82, 2.24) is 14.6 Å². The summed E-state index contributed by atoms with van der Waals surface area (Å²) in [7, 11) is 4.02. The number of anilines is 1. The molecule has 0 bridgehead atoms. The minimum Gasteiger partial charge on any atom is -0.370 e. The predicted octanol–water partition coefficient (Wildman–Crippen LogP) is 1.82. The summed E-state index contributed by atoms with van der Waals surface area (Å²) in [5.74, 6) is 0. The second-order valence-corrected chi connectivity index (χ2v) is 5.26. The van der Waals surface area contributed by atoms with Crippen molar-refractivity contribution < 1.29 is 0 Å². The van der Waals surface area contributed by atoms with Crippen molar-refractivity contribution in [3.63, 3.8) is 0 Å². The molecule has 0 radical (unpaired) electrons. The number of hydrogen-bond acceptors (Lipinski definition) is 4. The fourth-order valence-corrected chi connectivity index (χ4v) is 2.62. The second kappa shape index (κ2) is 3.99. The smallest absolute Gasteiger partial charge is 0.262 e. The first kappa shape index (κ1) is 11.0. The Balaban J connectivity index is 2.10. The van der Waals surface area contributed by atoms with Gasteiger partial charge in [0.1, 0.15) is 5.69 Å². The third kappa shape index (κ3) is 1.80. The van der Waals surface area contributed by atoms with Crippen LogP contribution in [0, 0.1) is 0 Å². The Labute approximate surface area is 107 Å². The van der Waals surface area contributed by atoms with E-state index in [-0.39, 0.29) is 5.56 Å². The molecule has 0 amide bonds. The van der Waals surface area contributed by atoms with E-state index in [1.807, 2.05) is 26.4 Å². The van der Waals surface area contributed by atoms with Gasteiger partial charge in [-0.05, 0) is 18.2 Å². The van der Waals surface area contributed by atoms with Crippen molar-refractivity contribution in [2.45, 2.75) is 0 Å². The molecular formula is C12H12N4OS. The Morgan fingerprint density at radius 3 is 2.83 bits per heavy atom. The van der Waals surface area contributed by atoms with Crippen LogP contribution in [0.4, 0.5) is 5.00 Å². The molecule has 0 saturated carbocycles. The molecule has 0 aliphatic carbocycles. The number of aromatic nitrogens is 3. The largest absolute Gasteiger partial charge is 0.370 e. The molecular weight excluding hydrogens is 248 g/mol. The Morgan fingerprint density at radius 2 is 2.11 bits per heavy atom. The van der Waals surface area contributed by atoms with E-state index < -0.39 is 0 Å². The van der Waals surface area contributed by atoms with Crippen molar-refractivity contribution in [2.75, 3.05) is 19.0 Å². The average molecular weight is 260 g/mol. The maximum atomic E-state index is 11.2. The topological polar surface area (TPSA) is 53.4 Å². The van der Waals surface area contributed by atoms with Gasteiger partial charge in [0.2, 0.25) is 0 Å². The van der Waals surface area contributed by atoms with E-state index in [9.17, 15) is 4.79 Å². The number of nitrogens with zero attached hydrogens (tertiary/aromatic N) is 3. The van der Waals surface area contributed by atoms with E-state index in [0.29, 0.717) is 0 Å². The van der Waals surface area contributed by atoms with Gasteiger partial charge in [0.15, 0.2) is 5.65 Å². The van der Waals surface area contributed by atoms with Crippen LogP contribution in [0.3, 0.4) is 0 Å². The van der Waals surface area contributed by atoms with Crippen LogP contribution in [-0.2, 0) is 0 Å². The van der Waals surface area contributed by atoms with E-state index in [4.69, 9.17) is 0 Å². The summed E-state index contributed by atoms with van der Waals surface area (Å²) in [5, 5.41) is 3.88. The molecule has 92 valence electrons. The van der Waals surface area contributed by atoms with E-state index in [1.54, 1.807) is 21.9 Å². The molecule has 0 aliphatic heterocycles. The lowest BCUT2D eigenvalue weighted by Crippen LogP contribution is -2.07. The summed E-state index contributed by atoms with van der Waals surface area (Å²) in [6, 6.07) is 7.29. The SMILES string of the molecule is CN(C)c1ccc(-c2cn3[nH]c(=O)ccc3n2)s1. The standard InChI is InChI=1S/C12H12N4OS/c1-15(2)12-6-3-9(18-12)8-7-16-10(13-8)4-5-11(17)14-16/h3-7H,1-2H3,(H,14,17). The molecule has 1 N–H and O–H groups in total. The van der Waals surface area contributed by atoms with Gasteiger partial charge in [-0.15, -0.1) is 11.3 Å². The lowest BCUT2D eigenvalue weighted by molar-refractivity contribution is 0.905. The van der Waals surface area contributed by atoms with Gasteiger partial charge in [0.05, 0.1) is 16.1 Å². The highest BCUT2D eigenvalue weighted by Gasteiger charge is 2.08. The second-order valence-electron chi connectivity index (χ2n) is 4.20. The molecule has 3 rings (SSSR count). The lowest BCUT2D eigenvalue weighted by Gasteiger charge is -2.06. The predicted molar refractivity (Wildman–Crippen MR) is 73.5 cm³/mol. The summed E-state index contributed by atoms with van der Waals surface area (Å²) < 4.78 is 1.65. The highest BCUT2D eigenvalue weighted by Crippen LogP contribution is 2.31. The Hall–Kier alpha value is -2.08. The lowest BCUT2D eigenvalue weighted by atomic mass is 10.4. The van der Waals surface area contributed by atoms with Crippen molar-refractivity contribution in [3.05, 3.63) is 40.8 Å². The zero-order valence-electron chi connectivity index (χ0n) is 10.0. The summed E-state index contributed by atoms with van der Waals surface area (Å²) in [6.45, 7) is 0. The summed E-state index contributed by atoms with van der Waals surface area (Å²) in [6.07, 6.45) is 1.84. The highest BCUT2D eigenvalue weighted by atomic mass is 32.1. The summed E-state index contributed by atoms with van der Waals surface area (Å²) >= 11 is 1.67. The van der Waals surface area contributed by atoms with Gasteiger partial charge in [-0.2, -0.15) is 0 Å². The summed E-state index contributed by atoms with van der Waals surface area (Å²) in [4.78, 5) is 18.8. The van der Waals surface area contributed by atoms with Crippen LogP contribution in [0.15, 0.2) is 35.3 Å². The minimum atomic E-state index is -0.133. The third-order valence-corrected chi connectivity index (χ3v) is 3.91. The average Bonchev–Trinajstić information content (AvgIpc) is 2.93. The normalized spacial score (nSPS) is 11.0. The minimum absolute atomic E-state index is 0.133. The van der Waals surface area contributed by atoms with Crippen molar-refractivity contribution in [3.8, 4) is 10.6 Å². The van der Waals surface area contributed by atoms with Crippen molar-refractivity contribution in [2.24, 2.45) is 0 Å². The Morgan fingerprint density at radius 1 is 1.28 bits per heavy atom. The molecule has 3 aromatic rings. The molecule has 0 atom stereocenters. The van der Waals surface area contributed by atoms with E-state index in [0.717, 1.165) is 16.2 Å². The van der Waals surface area contributed by atoms with Crippen molar-refractivity contribution >= 4 is 22.0 Å². The van der Waals surface area contributed by atoms with Gasteiger partial charge in [0, 0.05) is 20.2 Å². The third-order valence-electron chi connectivity index (χ3n) is 2.63. The van der Waals surface area contributed by atoms with Gasteiger partial charge in [-0.3, -0.25) is 9.89 Å². The van der Waals surface area contributed by atoms with Crippen LogP contribution >= 0.6 is 11.3 Å².